The Balaban J connectivity index is 1.68. The summed E-state index contributed by atoms with van der Waals surface area (Å²) in [5.74, 6) is 1.56. The number of hydrogen-bond donors (Lipinski definition) is 1. The highest BCUT2D eigenvalue weighted by Gasteiger charge is 2.35. The molecule has 1 heterocycles. The summed E-state index contributed by atoms with van der Waals surface area (Å²) in [7, 11) is 5.80. The maximum atomic E-state index is 13.1. The van der Waals surface area contributed by atoms with Gasteiger partial charge in [0.05, 0.1) is 18.2 Å². The molecule has 1 N–H and O–H groups in total. The summed E-state index contributed by atoms with van der Waals surface area (Å²) >= 11 is 0. The third-order valence-electron chi connectivity index (χ3n) is 5.98. The van der Waals surface area contributed by atoms with E-state index in [2.05, 4.69) is 9.88 Å². The fourth-order valence-corrected chi connectivity index (χ4v) is 4.16. The van der Waals surface area contributed by atoms with Crippen LogP contribution in [0, 0.1) is 6.92 Å². The first-order chi connectivity index (χ1) is 14.4. The van der Waals surface area contributed by atoms with Crippen LogP contribution < -0.4 is 4.74 Å². The van der Waals surface area contributed by atoms with E-state index in [4.69, 9.17) is 4.74 Å². The average molecular weight is 415 g/mol. The zero-order chi connectivity index (χ0) is 21.7. The highest BCUT2D eigenvalue weighted by Crippen LogP contribution is 2.31. The van der Waals surface area contributed by atoms with Crippen LogP contribution >= 0.6 is 0 Å². The standard InChI is InChI=1S/C23H34N4O3/c1-17-24-13-14-27(17)21-8-6-5-7-20(22(21)28)26(4)23(29)18-9-11-19(12-10-18)30-16-15-25(2)3/h9-14,20-22,28H,5-8,15-16H2,1-4H3/t20-,21-,22-/m1/s1. The Kier molecular flexibility index (Phi) is 7.50. The normalized spacial score (nSPS) is 22.0. The number of benzene rings is 1. The molecule has 0 spiro atoms. The lowest BCUT2D eigenvalue weighted by Crippen LogP contribution is -2.47. The number of ether oxygens (including phenoxy) is 1. The van der Waals surface area contributed by atoms with Gasteiger partial charge in [-0.25, -0.2) is 4.98 Å². The van der Waals surface area contributed by atoms with Gasteiger partial charge in [-0.2, -0.15) is 0 Å². The third kappa shape index (κ3) is 5.21. The second-order valence-electron chi connectivity index (χ2n) is 8.38. The highest BCUT2D eigenvalue weighted by molar-refractivity contribution is 5.94. The second kappa shape index (κ2) is 10.1. The summed E-state index contributed by atoms with van der Waals surface area (Å²) in [5, 5.41) is 11.2. The zero-order valence-electron chi connectivity index (χ0n) is 18.5. The van der Waals surface area contributed by atoms with Gasteiger partial charge in [0.25, 0.3) is 5.91 Å². The van der Waals surface area contributed by atoms with Gasteiger partial charge in [0.1, 0.15) is 18.2 Å². The fourth-order valence-electron chi connectivity index (χ4n) is 4.16. The molecule has 0 radical (unpaired) electrons. The van der Waals surface area contributed by atoms with Gasteiger partial charge in [0.15, 0.2) is 0 Å². The molecule has 0 bridgehead atoms. The van der Waals surface area contributed by atoms with Crippen molar-refractivity contribution in [3.63, 3.8) is 0 Å². The van der Waals surface area contributed by atoms with Crippen LogP contribution in [0.2, 0.25) is 0 Å². The monoisotopic (exact) mass is 414 g/mol. The summed E-state index contributed by atoms with van der Waals surface area (Å²) in [6, 6.07) is 6.95. The number of aliphatic hydroxyl groups excluding tert-OH is 1. The molecule has 1 aliphatic carbocycles. The molecule has 0 unspecified atom stereocenters. The molecule has 1 saturated carbocycles. The molecule has 1 aromatic carbocycles. The molecule has 1 fully saturated rings. The minimum atomic E-state index is -0.636. The molecule has 7 nitrogen and oxygen atoms in total. The molecule has 164 valence electrons. The lowest BCUT2D eigenvalue weighted by atomic mass is 9.99. The van der Waals surface area contributed by atoms with Crippen molar-refractivity contribution in [1.82, 2.24) is 19.4 Å². The second-order valence-corrected chi connectivity index (χ2v) is 8.38. The number of hydrogen-bond acceptors (Lipinski definition) is 5. The minimum absolute atomic E-state index is 0.0669. The van der Waals surface area contributed by atoms with Gasteiger partial charge in [-0.3, -0.25) is 4.79 Å². The first-order valence-corrected chi connectivity index (χ1v) is 10.7. The van der Waals surface area contributed by atoms with Crippen LogP contribution in [0.1, 0.15) is 47.9 Å². The lowest BCUT2D eigenvalue weighted by Gasteiger charge is -2.35. The van der Waals surface area contributed by atoms with Crippen molar-refractivity contribution in [3.8, 4) is 5.75 Å². The first kappa shape index (κ1) is 22.3. The van der Waals surface area contributed by atoms with Crippen LogP contribution in [0.15, 0.2) is 36.7 Å². The Morgan fingerprint density at radius 3 is 2.53 bits per heavy atom. The van der Waals surface area contributed by atoms with Crippen LogP contribution in [0.3, 0.4) is 0 Å². The summed E-state index contributed by atoms with van der Waals surface area (Å²) in [6.45, 7) is 3.38. The van der Waals surface area contributed by atoms with Crippen LogP contribution in [0.25, 0.3) is 0 Å². The molecule has 2 aromatic rings. The number of carbonyl (C=O) groups is 1. The van der Waals surface area contributed by atoms with Crippen molar-refractivity contribution in [2.45, 2.75) is 50.8 Å². The average Bonchev–Trinajstić information content (AvgIpc) is 3.05. The molecule has 30 heavy (non-hydrogen) atoms. The van der Waals surface area contributed by atoms with Crippen molar-refractivity contribution >= 4 is 5.91 Å². The molecule has 0 saturated heterocycles. The minimum Gasteiger partial charge on any atom is -0.492 e. The molecule has 0 aliphatic heterocycles. The predicted molar refractivity (Wildman–Crippen MR) is 117 cm³/mol. The van der Waals surface area contributed by atoms with E-state index >= 15 is 0 Å². The van der Waals surface area contributed by atoms with E-state index in [1.165, 1.54) is 0 Å². The molecule has 1 aromatic heterocycles. The molecule has 7 heteroatoms. The number of imidazole rings is 1. The quantitative estimate of drug-likeness (QED) is 0.706. The Bertz CT molecular complexity index is 818. The Morgan fingerprint density at radius 1 is 1.20 bits per heavy atom. The molecule has 3 atom stereocenters. The number of aliphatic hydroxyl groups is 1. The molecular weight excluding hydrogens is 380 g/mol. The zero-order valence-corrected chi connectivity index (χ0v) is 18.5. The summed E-state index contributed by atoms with van der Waals surface area (Å²) in [4.78, 5) is 21.2. The SMILES string of the molecule is Cc1nccn1[C@@H]1CCCC[C@@H](N(C)C(=O)c2ccc(OCCN(C)C)cc2)[C@H]1O. The van der Waals surface area contributed by atoms with E-state index in [9.17, 15) is 9.90 Å². The van der Waals surface area contributed by atoms with E-state index in [1.807, 2.05) is 43.9 Å². The van der Waals surface area contributed by atoms with Gasteiger partial charge < -0.3 is 24.2 Å². The highest BCUT2D eigenvalue weighted by atomic mass is 16.5. The van der Waals surface area contributed by atoms with Gasteiger partial charge in [0.2, 0.25) is 0 Å². The molecule has 3 rings (SSSR count). The lowest BCUT2D eigenvalue weighted by molar-refractivity contribution is 0.0225. The van der Waals surface area contributed by atoms with Gasteiger partial charge in [-0.15, -0.1) is 0 Å². The molecule has 1 amide bonds. The van der Waals surface area contributed by atoms with E-state index in [0.29, 0.717) is 12.2 Å². The molecule has 1 aliphatic rings. The smallest absolute Gasteiger partial charge is 0.253 e. The predicted octanol–water partition coefficient (Wildman–Crippen LogP) is 2.75. The van der Waals surface area contributed by atoms with Crippen LogP contribution in [-0.4, -0.2) is 76.8 Å². The van der Waals surface area contributed by atoms with Gasteiger partial charge >= 0.3 is 0 Å². The largest absolute Gasteiger partial charge is 0.492 e. The maximum absolute atomic E-state index is 13.1. The Labute approximate surface area is 179 Å². The Hall–Kier alpha value is -2.38. The molecular formula is C23H34N4O3. The first-order valence-electron chi connectivity index (χ1n) is 10.7. The number of aryl methyl sites for hydroxylation is 1. The summed E-state index contributed by atoms with van der Waals surface area (Å²) in [6.07, 6.45) is 6.73. The van der Waals surface area contributed by atoms with Crippen molar-refractivity contribution in [2.75, 3.05) is 34.3 Å². The van der Waals surface area contributed by atoms with Crippen molar-refractivity contribution in [3.05, 3.63) is 48.0 Å². The number of carbonyl (C=O) groups excluding carboxylic acids is 1. The van der Waals surface area contributed by atoms with Crippen molar-refractivity contribution < 1.29 is 14.6 Å². The number of rotatable bonds is 7. The van der Waals surface area contributed by atoms with E-state index < -0.39 is 6.10 Å². The fraction of sp³-hybridized carbons (Fsp3) is 0.565. The summed E-state index contributed by atoms with van der Waals surface area (Å²) in [5.41, 5.74) is 0.601. The van der Waals surface area contributed by atoms with Gasteiger partial charge in [0, 0.05) is 31.5 Å². The van der Waals surface area contributed by atoms with E-state index in [0.717, 1.165) is 43.8 Å². The summed E-state index contributed by atoms with van der Waals surface area (Å²) < 4.78 is 7.76. The Morgan fingerprint density at radius 2 is 1.90 bits per heavy atom. The van der Waals surface area contributed by atoms with Crippen LogP contribution in [0.4, 0.5) is 0 Å². The number of amides is 1. The third-order valence-corrected chi connectivity index (χ3v) is 5.98. The van der Waals surface area contributed by atoms with Gasteiger partial charge in [-0.05, 0) is 58.1 Å². The van der Waals surface area contributed by atoms with Gasteiger partial charge in [-0.1, -0.05) is 12.8 Å². The topological polar surface area (TPSA) is 70.8 Å². The van der Waals surface area contributed by atoms with Crippen LogP contribution in [-0.2, 0) is 0 Å². The van der Waals surface area contributed by atoms with Crippen LogP contribution in [0.5, 0.6) is 5.75 Å². The van der Waals surface area contributed by atoms with Crippen molar-refractivity contribution in [1.29, 1.82) is 0 Å². The maximum Gasteiger partial charge on any atom is 0.253 e. The van der Waals surface area contributed by atoms with E-state index in [1.54, 1.807) is 30.3 Å². The number of nitrogens with zero attached hydrogens (tertiary/aromatic N) is 4. The van der Waals surface area contributed by atoms with Crippen molar-refractivity contribution in [2.24, 2.45) is 0 Å². The number of aromatic nitrogens is 2. The number of likely N-dealkylation sites (N-methyl/N-ethyl adjacent to an activating group) is 2. The van der Waals surface area contributed by atoms with E-state index in [-0.39, 0.29) is 18.0 Å².